The van der Waals surface area contributed by atoms with Gasteiger partial charge in [0.05, 0.1) is 0 Å². The molecule has 0 aliphatic heterocycles. The van der Waals surface area contributed by atoms with Gasteiger partial charge in [-0.05, 0) is 38.4 Å². The normalized spacial score (nSPS) is 11.8. The number of amides is 2. The van der Waals surface area contributed by atoms with Gasteiger partial charge in [-0.15, -0.1) is 0 Å². The number of likely N-dealkylation sites (N-methyl/N-ethyl adjacent to an activating group) is 1. The second-order valence-corrected chi connectivity index (χ2v) is 4.74. The Bertz CT molecular complexity index is 474. The standard InChI is InChI=1S/C15H23N3O2/c1-4-18(3)15(20)11(2)17-14(19)13-8-6-5-7-12(13)9-10-16/h5-8,11H,4,9-10,16H2,1-3H3,(H,17,19). The molecule has 1 aromatic carbocycles. The van der Waals surface area contributed by atoms with Crippen molar-refractivity contribution in [1.82, 2.24) is 10.2 Å². The molecule has 20 heavy (non-hydrogen) atoms. The second kappa shape index (κ2) is 7.65. The molecule has 0 aromatic heterocycles. The number of rotatable bonds is 6. The molecule has 5 heteroatoms. The highest BCUT2D eigenvalue weighted by Gasteiger charge is 2.20. The van der Waals surface area contributed by atoms with Gasteiger partial charge in [-0.1, -0.05) is 18.2 Å². The molecule has 0 saturated heterocycles. The molecule has 0 aliphatic rings. The maximum atomic E-state index is 12.2. The average Bonchev–Trinajstić information content (AvgIpc) is 2.46. The first-order chi connectivity index (χ1) is 9.51. The summed E-state index contributed by atoms with van der Waals surface area (Å²) in [5, 5.41) is 2.74. The first-order valence-electron chi connectivity index (χ1n) is 6.85. The molecule has 3 N–H and O–H groups in total. The molecular weight excluding hydrogens is 254 g/mol. The molecule has 0 saturated carbocycles. The third-order valence-electron chi connectivity index (χ3n) is 3.24. The molecule has 0 spiro atoms. The summed E-state index contributed by atoms with van der Waals surface area (Å²) in [4.78, 5) is 25.8. The molecule has 1 atom stereocenters. The van der Waals surface area contributed by atoms with E-state index in [-0.39, 0.29) is 11.8 Å². The lowest BCUT2D eigenvalue weighted by molar-refractivity contribution is -0.131. The van der Waals surface area contributed by atoms with Crippen LogP contribution in [0.4, 0.5) is 0 Å². The quantitative estimate of drug-likeness (QED) is 0.807. The van der Waals surface area contributed by atoms with E-state index >= 15 is 0 Å². The first-order valence-corrected chi connectivity index (χ1v) is 6.85. The van der Waals surface area contributed by atoms with Gasteiger partial charge in [0, 0.05) is 19.2 Å². The Morgan fingerprint density at radius 2 is 2.00 bits per heavy atom. The van der Waals surface area contributed by atoms with Gasteiger partial charge in [0.25, 0.3) is 5.91 Å². The van der Waals surface area contributed by atoms with E-state index in [9.17, 15) is 9.59 Å². The molecule has 110 valence electrons. The summed E-state index contributed by atoms with van der Waals surface area (Å²) in [5.41, 5.74) is 7.02. The number of nitrogens with one attached hydrogen (secondary N) is 1. The van der Waals surface area contributed by atoms with Crippen molar-refractivity contribution in [2.24, 2.45) is 5.73 Å². The van der Waals surface area contributed by atoms with E-state index in [0.29, 0.717) is 25.1 Å². The molecule has 1 unspecified atom stereocenters. The molecule has 1 aromatic rings. The van der Waals surface area contributed by atoms with Crippen LogP contribution in [0.3, 0.4) is 0 Å². The molecule has 5 nitrogen and oxygen atoms in total. The van der Waals surface area contributed by atoms with Gasteiger partial charge < -0.3 is 16.0 Å². The van der Waals surface area contributed by atoms with E-state index in [1.807, 2.05) is 19.1 Å². The van der Waals surface area contributed by atoms with Crippen LogP contribution in [0.15, 0.2) is 24.3 Å². The predicted molar refractivity (Wildman–Crippen MR) is 79.4 cm³/mol. The van der Waals surface area contributed by atoms with Crippen molar-refractivity contribution < 1.29 is 9.59 Å². The van der Waals surface area contributed by atoms with Crippen molar-refractivity contribution in [3.05, 3.63) is 35.4 Å². The Labute approximate surface area is 120 Å². The summed E-state index contributed by atoms with van der Waals surface area (Å²) in [6.45, 7) is 4.68. The lowest BCUT2D eigenvalue weighted by Crippen LogP contribution is -2.45. The van der Waals surface area contributed by atoms with Crippen molar-refractivity contribution in [1.29, 1.82) is 0 Å². The number of nitrogens with two attached hydrogens (primary N) is 1. The molecule has 0 bridgehead atoms. The van der Waals surface area contributed by atoms with Gasteiger partial charge in [-0.2, -0.15) is 0 Å². The zero-order valence-corrected chi connectivity index (χ0v) is 12.3. The van der Waals surface area contributed by atoms with Crippen molar-refractivity contribution in [3.8, 4) is 0 Å². The predicted octanol–water partition coefficient (Wildman–Crippen LogP) is 0.784. The maximum absolute atomic E-state index is 12.2. The van der Waals surface area contributed by atoms with Crippen LogP contribution in [0.25, 0.3) is 0 Å². The van der Waals surface area contributed by atoms with Crippen LogP contribution in [0, 0.1) is 0 Å². The zero-order valence-electron chi connectivity index (χ0n) is 12.3. The van der Waals surface area contributed by atoms with Crippen LogP contribution in [0.5, 0.6) is 0 Å². The number of nitrogens with zero attached hydrogens (tertiary/aromatic N) is 1. The fourth-order valence-corrected chi connectivity index (χ4v) is 1.94. The average molecular weight is 277 g/mol. The van der Waals surface area contributed by atoms with Crippen molar-refractivity contribution >= 4 is 11.8 Å². The smallest absolute Gasteiger partial charge is 0.252 e. The largest absolute Gasteiger partial charge is 0.344 e. The molecule has 0 aliphatic carbocycles. The maximum Gasteiger partial charge on any atom is 0.252 e. The highest BCUT2D eigenvalue weighted by atomic mass is 16.2. The number of hydrogen-bond donors (Lipinski definition) is 2. The minimum absolute atomic E-state index is 0.0999. The fraction of sp³-hybridized carbons (Fsp3) is 0.467. The van der Waals surface area contributed by atoms with Crippen LogP contribution < -0.4 is 11.1 Å². The Morgan fingerprint density at radius 1 is 1.35 bits per heavy atom. The van der Waals surface area contributed by atoms with Gasteiger partial charge in [-0.3, -0.25) is 9.59 Å². The SMILES string of the molecule is CCN(C)C(=O)C(C)NC(=O)c1ccccc1CCN. The summed E-state index contributed by atoms with van der Waals surface area (Å²) in [6.07, 6.45) is 0.640. The summed E-state index contributed by atoms with van der Waals surface area (Å²) >= 11 is 0. The minimum atomic E-state index is -0.543. The third kappa shape index (κ3) is 4.06. The molecule has 1 rings (SSSR count). The van der Waals surface area contributed by atoms with Crippen molar-refractivity contribution in [2.75, 3.05) is 20.1 Å². The first kappa shape index (κ1) is 16.2. The topological polar surface area (TPSA) is 75.4 Å². The highest BCUT2D eigenvalue weighted by Crippen LogP contribution is 2.09. The molecule has 0 fully saturated rings. The van der Waals surface area contributed by atoms with Crippen molar-refractivity contribution in [3.63, 3.8) is 0 Å². The van der Waals surface area contributed by atoms with Gasteiger partial charge in [0.15, 0.2) is 0 Å². The van der Waals surface area contributed by atoms with E-state index < -0.39 is 6.04 Å². The van der Waals surface area contributed by atoms with Gasteiger partial charge in [-0.25, -0.2) is 0 Å². The molecular formula is C15H23N3O2. The van der Waals surface area contributed by atoms with E-state index in [4.69, 9.17) is 5.73 Å². The number of benzene rings is 1. The molecule has 2 amide bonds. The molecule has 0 radical (unpaired) electrons. The van der Waals surface area contributed by atoms with Crippen LogP contribution in [-0.4, -0.2) is 42.9 Å². The number of hydrogen-bond acceptors (Lipinski definition) is 3. The molecule has 0 heterocycles. The summed E-state index contributed by atoms with van der Waals surface area (Å²) in [6, 6.07) is 6.77. The lowest BCUT2D eigenvalue weighted by Gasteiger charge is -2.21. The van der Waals surface area contributed by atoms with Crippen LogP contribution in [0.2, 0.25) is 0 Å². The second-order valence-electron chi connectivity index (χ2n) is 4.74. The van der Waals surface area contributed by atoms with Gasteiger partial charge in [0.2, 0.25) is 5.91 Å². The number of carbonyl (C=O) groups excluding carboxylic acids is 2. The van der Waals surface area contributed by atoms with Crippen LogP contribution in [-0.2, 0) is 11.2 Å². The van der Waals surface area contributed by atoms with Gasteiger partial charge >= 0.3 is 0 Å². The summed E-state index contributed by atoms with van der Waals surface area (Å²) < 4.78 is 0. The van der Waals surface area contributed by atoms with Crippen LogP contribution in [0.1, 0.15) is 29.8 Å². The summed E-state index contributed by atoms with van der Waals surface area (Å²) in [5.74, 6) is -0.337. The summed E-state index contributed by atoms with van der Waals surface area (Å²) in [7, 11) is 1.72. The highest BCUT2D eigenvalue weighted by molar-refractivity contribution is 5.98. The van der Waals surface area contributed by atoms with E-state index in [1.165, 1.54) is 0 Å². The Kier molecular flexibility index (Phi) is 6.18. The lowest BCUT2D eigenvalue weighted by atomic mass is 10.0. The fourth-order valence-electron chi connectivity index (χ4n) is 1.94. The Morgan fingerprint density at radius 3 is 2.60 bits per heavy atom. The Hall–Kier alpha value is -1.88. The van der Waals surface area contributed by atoms with Crippen LogP contribution >= 0.6 is 0 Å². The third-order valence-corrected chi connectivity index (χ3v) is 3.24. The monoisotopic (exact) mass is 277 g/mol. The van der Waals surface area contributed by atoms with E-state index in [1.54, 1.807) is 31.0 Å². The number of carbonyl (C=O) groups is 2. The van der Waals surface area contributed by atoms with Gasteiger partial charge in [0.1, 0.15) is 6.04 Å². The van der Waals surface area contributed by atoms with Crippen molar-refractivity contribution in [2.45, 2.75) is 26.3 Å². The van der Waals surface area contributed by atoms with E-state index in [2.05, 4.69) is 5.32 Å². The Balaban J connectivity index is 2.79. The minimum Gasteiger partial charge on any atom is -0.344 e. The zero-order chi connectivity index (χ0) is 15.1. The van der Waals surface area contributed by atoms with E-state index in [0.717, 1.165) is 5.56 Å².